The summed E-state index contributed by atoms with van der Waals surface area (Å²) in [5.74, 6) is -0.920. The predicted octanol–water partition coefficient (Wildman–Crippen LogP) is 2.52. The van der Waals surface area contributed by atoms with Gasteiger partial charge in [-0.15, -0.1) is 0 Å². The van der Waals surface area contributed by atoms with Gasteiger partial charge in [0.2, 0.25) is 0 Å². The van der Waals surface area contributed by atoms with Gasteiger partial charge in [0, 0.05) is 56.2 Å². The number of rotatable bonds is 12. The van der Waals surface area contributed by atoms with Gasteiger partial charge in [-0.1, -0.05) is 33.8 Å². The molecule has 0 atom stereocenters. The second-order valence-electron chi connectivity index (χ2n) is 7.52. The van der Waals surface area contributed by atoms with Crippen molar-refractivity contribution in [3.8, 4) is 5.75 Å². The summed E-state index contributed by atoms with van der Waals surface area (Å²) in [7, 11) is 0. The number of benzene rings is 2. The van der Waals surface area contributed by atoms with Gasteiger partial charge in [0.15, 0.2) is 11.6 Å². The van der Waals surface area contributed by atoms with Crippen molar-refractivity contribution in [3.63, 3.8) is 0 Å². The number of aromatic hydroxyl groups is 1. The molecule has 0 fully saturated rings. The molecule has 3 rings (SSSR count). The number of carbonyl (C=O) groups is 2. The molecule has 0 aliphatic heterocycles. The maximum Gasteiger partial charge on any atom is 0.200 e. The van der Waals surface area contributed by atoms with E-state index in [1.807, 2.05) is 27.7 Å². The van der Waals surface area contributed by atoms with Gasteiger partial charge in [0.25, 0.3) is 0 Å². The van der Waals surface area contributed by atoms with Gasteiger partial charge >= 0.3 is 0 Å². The van der Waals surface area contributed by atoms with Crippen molar-refractivity contribution >= 4 is 22.9 Å². The first kappa shape index (κ1) is 31.1. The summed E-state index contributed by atoms with van der Waals surface area (Å²) in [6.45, 7) is 12.9. The van der Waals surface area contributed by atoms with Gasteiger partial charge < -0.3 is 36.6 Å². The molecule has 0 bridgehead atoms. The molecule has 0 unspecified atom stereocenters. The zero-order valence-electron chi connectivity index (χ0n) is 22.1. The smallest absolute Gasteiger partial charge is 0.200 e. The third-order valence-corrected chi connectivity index (χ3v) is 5.32. The van der Waals surface area contributed by atoms with Crippen molar-refractivity contribution in [1.82, 2.24) is 10.6 Å². The minimum Gasteiger partial charge on any atom is -0.507 e. The van der Waals surface area contributed by atoms with Gasteiger partial charge in [0.05, 0.1) is 29.9 Å². The van der Waals surface area contributed by atoms with Crippen LogP contribution in [0, 0.1) is 6.92 Å². The van der Waals surface area contributed by atoms with E-state index < -0.39 is 5.78 Å². The summed E-state index contributed by atoms with van der Waals surface area (Å²) >= 11 is 0. The second-order valence-corrected chi connectivity index (χ2v) is 7.52. The highest BCUT2D eigenvalue weighted by Gasteiger charge is 2.36. The fraction of sp³-hybridized carbons (Fsp3) is 0.481. The van der Waals surface area contributed by atoms with Gasteiger partial charge in [-0.3, -0.25) is 9.59 Å². The van der Waals surface area contributed by atoms with Crippen LogP contribution in [0.1, 0.15) is 65.1 Å². The number of aryl methyl sites for hydroxylation is 1. The van der Waals surface area contributed by atoms with Crippen LogP contribution in [0.2, 0.25) is 0 Å². The molecular weight excluding hydrogens is 460 g/mol. The van der Waals surface area contributed by atoms with E-state index in [0.717, 1.165) is 0 Å². The zero-order valence-corrected chi connectivity index (χ0v) is 22.1. The van der Waals surface area contributed by atoms with Crippen molar-refractivity contribution in [2.45, 2.75) is 34.6 Å². The van der Waals surface area contributed by atoms with Crippen LogP contribution in [-0.2, 0) is 0 Å². The highest BCUT2D eigenvalue weighted by atomic mass is 16.3. The van der Waals surface area contributed by atoms with Crippen LogP contribution in [0.5, 0.6) is 5.75 Å². The zero-order chi connectivity index (χ0) is 27.1. The van der Waals surface area contributed by atoms with E-state index in [1.54, 1.807) is 25.1 Å². The summed E-state index contributed by atoms with van der Waals surface area (Å²) < 4.78 is 0. The molecule has 9 nitrogen and oxygen atoms in total. The Morgan fingerprint density at radius 2 is 1.06 bits per heavy atom. The Hall–Kier alpha value is -2.98. The molecule has 0 heterocycles. The molecule has 0 radical (unpaired) electrons. The molecule has 1 aliphatic rings. The van der Waals surface area contributed by atoms with Crippen LogP contribution < -0.4 is 21.3 Å². The normalized spacial score (nSPS) is 11.4. The Bertz CT molecular complexity index is 917. The number of fused-ring (bicyclic) bond motifs is 2. The largest absolute Gasteiger partial charge is 0.507 e. The van der Waals surface area contributed by atoms with Crippen molar-refractivity contribution in [1.29, 1.82) is 0 Å². The Morgan fingerprint density at radius 1 is 0.611 bits per heavy atom. The van der Waals surface area contributed by atoms with Crippen LogP contribution in [0.3, 0.4) is 0 Å². The molecular formula is C27H42N4O5. The average molecular weight is 503 g/mol. The number of aliphatic hydroxyl groups is 2. The number of carbonyl (C=O) groups excluding carboxylic acids is 2. The van der Waals surface area contributed by atoms with Crippen molar-refractivity contribution in [2.24, 2.45) is 0 Å². The number of hydrogen-bond donors (Lipinski definition) is 7. The molecule has 0 spiro atoms. The fourth-order valence-corrected chi connectivity index (χ4v) is 3.82. The number of nitrogens with one attached hydrogen (secondary N) is 4. The van der Waals surface area contributed by atoms with Crippen LogP contribution in [0.4, 0.5) is 11.4 Å². The topological polar surface area (TPSA) is 143 Å². The Balaban J connectivity index is 0.00000154. The van der Waals surface area contributed by atoms with Crippen molar-refractivity contribution in [3.05, 3.63) is 52.1 Å². The monoisotopic (exact) mass is 502 g/mol. The van der Waals surface area contributed by atoms with E-state index in [9.17, 15) is 14.7 Å². The van der Waals surface area contributed by atoms with Crippen molar-refractivity contribution in [2.75, 3.05) is 63.1 Å². The van der Waals surface area contributed by atoms with Crippen LogP contribution in [0.25, 0.3) is 0 Å². The van der Waals surface area contributed by atoms with E-state index >= 15 is 0 Å². The van der Waals surface area contributed by atoms with Crippen LogP contribution >= 0.6 is 0 Å². The third kappa shape index (κ3) is 7.51. The molecule has 36 heavy (non-hydrogen) atoms. The number of ketones is 2. The lowest BCUT2D eigenvalue weighted by Gasteiger charge is -2.25. The summed E-state index contributed by atoms with van der Waals surface area (Å²) in [6, 6.07) is 6.58. The Morgan fingerprint density at radius 3 is 1.50 bits per heavy atom. The predicted molar refractivity (Wildman–Crippen MR) is 146 cm³/mol. The quantitative estimate of drug-likeness (QED) is 0.186. The van der Waals surface area contributed by atoms with Gasteiger partial charge in [0.1, 0.15) is 5.75 Å². The molecule has 2 aromatic carbocycles. The first-order valence-corrected chi connectivity index (χ1v) is 12.7. The molecule has 1 aliphatic carbocycles. The summed E-state index contributed by atoms with van der Waals surface area (Å²) in [5, 5.41) is 40.7. The van der Waals surface area contributed by atoms with E-state index in [4.69, 9.17) is 10.2 Å². The lowest BCUT2D eigenvalue weighted by Crippen LogP contribution is -2.29. The minimum absolute atomic E-state index is 0.0331. The molecule has 200 valence electrons. The minimum atomic E-state index is -0.399. The molecule has 0 aromatic heterocycles. The van der Waals surface area contributed by atoms with E-state index in [0.29, 0.717) is 56.2 Å². The summed E-state index contributed by atoms with van der Waals surface area (Å²) in [4.78, 5) is 27.0. The van der Waals surface area contributed by atoms with Gasteiger partial charge in [-0.25, -0.2) is 0 Å². The molecule has 0 saturated heterocycles. The average Bonchev–Trinajstić information content (AvgIpc) is 2.90. The highest BCUT2D eigenvalue weighted by Crippen LogP contribution is 2.40. The summed E-state index contributed by atoms with van der Waals surface area (Å²) in [6.07, 6.45) is 0. The van der Waals surface area contributed by atoms with E-state index in [1.165, 1.54) is 6.07 Å². The van der Waals surface area contributed by atoms with Crippen LogP contribution in [-0.4, -0.2) is 79.4 Å². The Kier molecular flexibility index (Phi) is 14.4. The number of hydrogen-bond acceptors (Lipinski definition) is 9. The first-order valence-electron chi connectivity index (χ1n) is 12.7. The standard InChI is InChI=1S/C23H30N4O5.2C2H6/c1-14-2-5-17(30)21-18(14)22(31)19-15(26-8-6-24-10-12-28)3-4-16(20(19)23(21)32)27-9-7-25-11-13-29;2*1-2/h2-5,24-30H,6-13H2,1H3;2*1-2H3. The highest BCUT2D eigenvalue weighted by molar-refractivity contribution is 6.33. The van der Waals surface area contributed by atoms with Crippen molar-refractivity contribution < 1.29 is 24.9 Å². The lowest BCUT2D eigenvalue weighted by molar-refractivity contribution is 0.0977. The molecule has 0 saturated carbocycles. The number of phenolic OH excluding ortho intramolecular Hbond substituents is 1. The lowest BCUT2D eigenvalue weighted by atomic mass is 9.80. The molecule has 9 heteroatoms. The maximum absolute atomic E-state index is 13.5. The fourth-order valence-electron chi connectivity index (χ4n) is 3.82. The van der Waals surface area contributed by atoms with E-state index in [-0.39, 0.29) is 47.0 Å². The van der Waals surface area contributed by atoms with E-state index in [2.05, 4.69) is 21.3 Å². The second kappa shape index (κ2) is 16.6. The SMILES string of the molecule is CC.CC.Cc1ccc(O)c2c1C(=O)c1c(NCCNCCO)ccc(NCCNCCO)c1C2=O. The maximum atomic E-state index is 13.5. The number of anilines is 2. The molecule has 0 amide bonds. The van der Waals surface area contributed by atoms with Crippen LogP contribution in [0.15, 0.2) is 24.3 Å². The molecule has 2 aromatic rings. The first-order chi connectivity index (χ1) is 17.5. The third-order valence-electron chi connectivity index (χ3n) is 5.32. The van der Waals surface area contributed by atoms with Gasteiger partial charge in [-0.2, -0.15) is 0 Å². The number of phenols is 1. The Labute approximate surface area is 214 Å². The number of aliphatic hydroxyl groups excluding tert-OH is 2. The summed E-state index contributed by atoms with van der Waals surface area (Å²) in [5.41, 5.74) is 2.46. The van der Waals surface area contributed by atoms with Gasteiger partial charge in [-0.05, 0) is 30.7 Å². The molecule has 7 N–H and O–H groups in total.